The van der Waals surface area contributed by atoms with Crippen molar-refractivity contribution in [2.75, 3.05) is 5.32 Å². The molecule has 2 heterocycles. The molecule has 0 radical (unpaired) electrons. The molecule has 1 aliphatic rings. The number of rotatable bonds is 12. The Kier molecular flexibility index (Phi) is 7.28. The highest BCUT2D eigenvalue weighted by Gasteiger charge is 2.28. The second-order valence-corrected chi connectivity index (χ2v) is 9.29. The van der Waals surface area contributed by atoms with E-state index in [1.807, 2.05) is 19.3 Å². The summed E-state index contributed by atoms with van der Waals surface area (Å²) in [5.41, 5.74) is 0.768. The highest BCUT2D eigenvalue weighted by Crippen LogP contribution is 2.36. The average Bonchev–Trinajstić information content (AvgIpc) is 3.27. The molecule has 1 aliphatic carbocycles. The van der Waals surface area contributed by atoms with Gasteiger partial charge in [0, 0.05) is 47.9 Å². The number of hydrogen-bond acceptors (Lipinski definition) is 4. The molecule has 6 heteroatoms. The molecular formula is C23H33FN4S. The van der Waals surface area contributed by atoms with Crippen molar-refractivity contribution in [2.45, 2.75) is 71.1 Å². The highest BCUT2D eigenvalue weighted by atomic mass is 32.1. The minimum Gasteiger partial charge on any atom is -0.359 e. The number of imidazole rings is 1. The molecular weight excluding hydrogens is 383 g/mol. The molecule has 1 fully saturated rings. The van der Waals surface area contributed by atoms with E-state index in [0.717, 1.165) is 29.0 Å². The topological polar surface area (TPSA) is 42.7 Å². The van der Waals surface area contributed by atoms with Crippen LogP contribution in [0.3, 0.4) is 0 Å². The van der Waals surface area contributed by atoms with E-state index in [1.165, 1.54) is 17.7 Å². The number of anilines is 1. The van der Waals surface area contributed by atoms with E-state index in [9.17, 15) is 4.39 Å². The van der Waals surface area contributed by atoms with Crippen molar-refractivity contribution in [1.29, 1.82) is 0 Å². The molecule has 4 nitrogen and oxygen atoms in total. The van der Waals surface area contributed by atoms with Gasteiger partial charge in [0.2, 0.25) is 0 Å². The summed E-state index contributed by atoms with van der Waals surface area (Å²) in [6.45, 7) is 15.1. The first-order chi connectivity index (χ1) is 13.9. The molecule has 0 bridgehead atoms. The number of halogens is 1. The average molecular weight is 417 g/mol. The number of nitrogens with one attached hydrogen (secondary N) is 1. The standard InChI is InChI=1S/C23H33FN4S/c1-6-8-20(24)19(7-2)16(4)22-25-11-12-28(22)14-15(3)21-13-26-23(29-21)27-17(5)18-9-10-18/h6,11-13,15,17-20H,1,4,7-10,14H2,2-3,5H3,(H,26,27)/t15-,17?,19-,20?/m0/s1. The minimum atomic E-state index is -0.976. The first kappa shape index (κ1) is 21.8. The summed E-state index contributed by atoms with van der Waals surface area (Å²) in [6.07, 6.45) is 10.0. The van der Waals surface area contributed by atoms with Gasteiger partial charge in [0.25, 0.3) is 0 Å². The smallest absolute Gasteiger partial charge is 0.183 e. The van der Waals surface area contributed by atoms with Gasteiger partial charge in [-0.2, -0.15) is 0 Å². The molecule has 4 atom stereocenters. The van der Waals surface area contributed by atoms with Gasteiger partial charge < -0.3 is 9.88 Å². The Labute approximate surface area is 178 Å². The van der Waals surface area contributed by atoms with E-state index in [0.29, 0.717) is 18.9 Å². The lowest BCUT2D eigenvalue weighted by Gasteiger charge is -2.22. The molecule has 2 unspecified atom stereocenters. The first-order valence-electron chi connectivity index (χ1n) is 10.6. The maximum Gasteiger partial charge on any atom is 0.183 e. The zero-order valence-corrected chi connectivity index (χ0v) is 18.6. The maximum absolute atomic E-state index is 14.6. The summed E-state index contributed by atoms with van der Waals surface area (Å²) in [5, 5.41) is 4.54. The normalized spacial score (nSPS) is 18.1. The maximum atomic E-state index is 14.6. The Balaban J connectivity index is 1.66. The molecule has 158 valence electrons. The number of thiazole rings is 1. The van der Waals surface area contributed by atoms with Crippen molar-refractivity contribution in [3.05, 3.63) is 48.5 Å². The molecule has 29 heavy (non-hydrogen) atoms. The molecule has 0 amide bonds. The summed E-state index contributed by atoms with van der Waals surface area (Å²) in [6, 6.07) is 0.489. The lowest BCUT2D eigenvalue weighted by Crippen LogP contribution is -2.19. The van der Waals surface area contributed by atoms with E-state index >= 15 is 0 Å². The van der Waals surface area contributed by atoms with Gasteiger partial charge in [-0.25, -0.2) is 14.4 Å². The number of aromatic nitrogens is 3. The molecule has 0 saturated heterocycles. The summed E-state index contributed by atoms with van der Waals surface area (Å²) in [4.78, 5) is 10.3. The number of alkyl halides is 1. The fraction of sp³-hybridized carbons (Fsp3) is 0.565. The van der Waals surface area contributed by atoms with Gasteiger partial charge in [-0.15, -0.1) is 17.9 Å². The zero-order valence-electron chi connectivity index (χ0n) is 17.8. The van der Waals surface area contributed by atoms with Crippen LogP contribution in [0, 0.1) is 11.8 Å². The Bertz CT molecular complexity index is 822. The summed E-state index contributed by atoms with van der Waals surface area (Å²) >= 11 is 1.72. The highest BCUT2D eigenvalue weighted by molar-refractivity contribution is 7.15. The number of allylic oxidation sites excluding steroid dienone is 2. The van der Waals surface area contributed by atoms with Crippen LogP contribution in [0.15, 0.2) is 37.8 Å². The fourth-order valence-electron chi connectivity index (χ4n) is 3.83. The van der Waals surface area contributed by atoms with Crippen molar-refractivity contribution < 1.29 is 4.39 Å². The minimum absolute atomic E-state index is 0.243. The molecule has 1 saturated carbocycles. The molecule has 0 aromatic carbocycles. The quantitative estimate of drug-likeness (QED) is 0.412. The third kappa shape index (κ3) is 5.35. The SMILES string of the molecule is C=CCC(F)[C@@H](CC)C(=C)c1nccn1C[C@H](C)c1cnc(NC(C)C2CC2)s1. The Morgan fingerprint density at radius 2 is 2.17 bits per heavy atom. The van der Waals surface area contributed by atoms with Crippen molar-refractivity contribution in [2.24, 2.45) is 11.8 Å². The monoisotopic (exact) mass is 416 g/mol. The van der Waals surface area contributed by atoms with Gasteiger partial charge in [0.15, 0.2) is 5.13 Å². The summed E-state index contributed by atoms with van der Waals surface area (Å²) in [5.74, 6) is 1.62. The first-order valence-corrected chi connectivity index (χ1v) is 11.4. The molecule has 2 aromatic heterocycles. The van der Waals surface area contributed by atoms with Crippen LogP contribution in [0.1, 0.15) is 63.1 Å². The second kappa shape index (κ2) is 9.70. The molecule has 0 spiro atoms. The van der Waals surface area contributed by atoms with Gasteiger partial charge in [-0.05, 0) is 44.1 Å². The summed E-state index contributed by atoms with van der Waals surface area (Å²) < 4.78 is 16.6. The second-order valence-electron chi connectivity index (χ2n) is 8.22. The van der Waals surface area contributed by atoms with Crippen molar-refractivity contribution >= 4 is 22.0 Å². The van der Waals surface area contributed by atoms with Crippen molar-refractivity contribution in [3.63, 3.8) is 0 Å². The zero-order chi connectivity index (χ0) is 21.0. The van der Waals surface area contributed by atoms with Crippen LogP contribution in [0.4, 0.5) is 9.52 Å². The van der Waals surface area contributed by atoms with Gasteiger partial charge in [0.1, 0.15) is 12.0 Å². The van der Waals surface area contributed by atoms with Gasteiger partial charge in [0.05, 0.1) is 0 Å². The lowest BCUT2D eigenvalue weighted by atomic mass is 9.90. The predicted octanol–water partition coefficient (Wildman–Crippen LogP) is 6.31. The van der Waals surface area contributed by atoms with Crippen LogP contribution >= 0.6 is 11.3 Å². The predicted molar refractivity (Wildman–Crippen MR) is 121 cm³/mol. The molecule has 0 aliphatic heterocycles. The van der Waals surface area contributed by atoms with Gasteiger partial charge in [-0.3, -0.25) is 0 Å². The van der Waals surface area contributed by atoms with E-state index in [2.05, 4.69) is 46.9 Å². The Morgan fingerprint density at radius 1 is 1.41 bits per heavy atom. The Hall–Kier alpha value is -1.95. The fourth-order valence-corrected chi connectivity index (χ4v) is 4.78. The van der Waals surface area contributed by atoms with E-state index in [-0.39, 0.29) is 11.8 Å². The van der Waals surface area contributed by atoms with E-state index in [4.69, 9.17) is 0 Å². The number of hydrogen-bond donors (Lipinski definition) is 1. The summed E-state index contributed by atoms with van der Waals surface area (Å²) in [7, 11) is 0. The molecule has 1 N–H and O–H groups in total. The molecule has 3 rings (SSSR count). The van der Waals surface area contributed by atoms with Crippen LogP contribution in [0.5, 0.6) is 0 Å². The molecule has 2 aromatic rings. The van der Waals surface area contributed by atoms with Crippen LogP contribution in [0.2, 0.25) is 0 Å². The Morgan fingerprint density at radius 3 is 2.83 bits per heavy atom. The van der Waals surface area contributed by atoms with Crippen LogP contribution in [-0.4, -0.2) is 26.7 Å². The lowest BCUT2D eigenvalue weighted by molar-refractivity contribution is 0.266. The third-order valence-corrected chi connectivity index (χ3v) is 7.04. The van der Waals surface area contributed by atoms with Crippen molar-refractivity contribution in [1.82, 2.24) is 14.5 Å². The third-order valence-electron chi connectivity index (χ3n) is 5.88. The van der Waals surface area contributed by atoms with Gasteiger partial charge >= 0.3 is 0 Å². The van der Waals surface area contributed by atoms with Crippen LogP contribution < -0.4 is 5.32 Å². The van der Waals surface area contributed by atoms with E-state index in [1.54, 1.807) is 23.6 Å². The van der Waals surface area contributed by atoms with Gasteiger partial charge in [-0.1, -0.05) is 26.5 Å². The van der Waals surface area contributed by atoms with Crippen LogP contribution in [-0.2, 0) is 6.54 Å². The van der Waals surface area contributed by atoms with Crippen molar-refractivity contribution in [3.8, 4) is 0 Å². The van der Waals surface area contributed by atoms with E-state index < -0.39 is 6.17 Å². The largest absolute Gasteiger partial charge is 0.359 e. The van der Waals surface area contributed by atoms with Crippen LogP contribution in [0.25, 0.3) is 5.57 Å². The number of nitrogens with zero attached hydrogens (tertiary/aromatic N) is 3.